The average Bonchev–Trinajstić information content (AvgIpc) is 3.11. The number of benzene rings is 2. The van der Waals surface area contributed by atoms with Crippen molar-refractivity contribution in [3.8, 4) is 11.5 Å². The molecule has 4 rings (SSSR count). The second-order valence-corrected chi connectivity index (χ2v) is 7.67. The fourth-order valence-corrected chi connectivity index (χ4v) is 4.26. The van der Waals surface area contributed by atoms with Gasteiger partial charge >= 0.3 is 5.97 Å². The number of ether oxygens (including phenoxy) is 3. The third-order valence-corrected chi connectivity index (χ3v) is 5.77. The highest BCUT2D eigenvalue weighted by molar-refractivity contribution is 7.21. The van der Waals surface area contributed by atoms with Gasteiger partial charge in [-0.2, -0.15) is 0 Å². The summed E-state index contributed by atoms with van der Waals surface area (Å²) in [7, 11) is 0. The maximum atomic E-state index is 12.7. The van der Waals surface area contributed by atoms with Gasteiger partial charge in [0.2, 0.25) is 0 Å². The number of hydrogen-bond acceptors (Lipinski definition) is 6. The van der Waals surface area contributed by atoms with Gasteiger partial charge in [0.1, 0.15) is 25.1 Å². The van der Waals surface area contributed by atoms with Crippen molar-refractivity contribution in [1.29, 1.82) is 0 Å². The summed E-state index contributed by atoms with van der Waals surface area (Å²) >= 11 is 1.42. The maximum Gasteiger partial charge on any atom is 0.352 e. The van der Waals surface area contributed by atoms with Crippen molar-refractivity contribution in [3.63, 3.8) is 0 Å². The van der Waals surface area contributed by atoms with Crippen LogP contribution in [0.15, 0.2) is 54.6 Å². The van der Waals surface area contributed by atoms with Gasteiger partial charge in [-0.3, -0.25) is 0 Å². The van der Waals surface area contributed by atoms with Gasteiger partial charge in [-0.05, 0) is 50.2 Å². The lowest BCUT2D eigenvalue weighted by Gasteiger charge is -2.24. The van der Waals surface area contributed by atoms with Crippen molar-refractivity contribution in [2.45, 2.75) is 18.9 Å². The van der Waals surface area contributed by atoms with Crippen molar-refractivity contribution >= 4 is 27.4 Å². The lowest BCUT2D eigenvalue weighted by molar-refractivity contribution is 0.0449. The van der Waals surface area contributed by atoms with E-state index in [1.807, 2.05) is 54.6 Å². The molecule has 5 nitrogen and oxygen atoms in total. The van der Waals surface area contributed by atoms with Crippen LogP contribution in [-0.2, 0) is 4.74 Å². The Morgan fingerprint density at radius 1 is 1.00 bits per heavy atom. The summed E-state index contributed by atoms with van der Waals surface area (Å²) in [6, 6.07) is 17.4. The van der Waals surface area contributed by atoms with Crippen LogP contribution < -0.4 is 14.8 Å². The van der Waals surface area contributed by atoms with Gasteiger partial charge in [-0.25, -0.2) is 4.79 Å². The van der Waals surface area contributed by atoms with Gasteiger partial charge in [-0.1, -0.05) is 30.3 Å². The largest absolute Gasteiger partial charge is 0.490 e. The molecular formula is C22H23NO4S. The van der Waals surface area contributed by atoms with Crippen LogP contribution in [0.1, 0.15) is 22.5 Å². The molecule has 1 aromatic heterocycles. The number of fused-ring (bicyclic) bond motifs is 1. The van der Waals surface area contributed by atoms with Crippen LogP contribution >= 0.6 is 11.3 Å². The Balaban J connectivity index is 1.44. The Labute approximate surface area is 168 Å². The highest BCUT2D eigenvalue weighted by Crippen LogP contribution is 2.39. The van der Waals surface area contributed by atoms with Crippen molar-refractivity contribution < 1.29 is 19.0 Å². The fourth-order valence-electron chi connectivity index (χ4n) is 3.23. The molecule has 1 aliphatic rings. The van der Waals surface area contributed by atoms with E-state index in [0.29, 0.717) is 17.2 Å². The number of esters is 1. The van der Waals surface area contributed by atoms with Gasteiger partial charge < -0.3 is 19.5 Å². The summed E-state index contributed by atoms with van der Waals surface area (Å²) < 4.78 is 18.4. The van der Waals surface area contributed by atoms with Gasteiger partial charge in [0.25, 0.3) is 0 Å². The number of piperidine rings is 1. The first-order valence-electron chi connectivity index (χ1n) is 9.55. The molecular weight excluding hydrogens is 374 g/mol. The molecule has 28 heavy (non-hydrogen) atoms. The van der Waals surface area contributed by atoms with Crippen LogP contribution in [0.25, 0.3) is 10.1 Å². The van der Waals surface area contributed by atoms with Gasteiger partial charge in [-0.15, -0.1) is 11.3 Å². The predicted molar refractivity (Wildman–Crippen MR) is 111 cm³/mol. The third-order valence-electron chi connectivity index (χ3n) is 4.63. The van der Waals surface area contributed by atoms with E-state index in [2.05, 4.69) is 5.32 Å². The Hall–Kier alpha value is -2.57. The second kappa shape index (κ2) is 9.08. The summed E-state index contributed by atoms with van der Waals surface area (Å²) in [5, 5.41) is 4.30. The van der Waals surface area contributed by atoms with Crippen LogP contribution in [0.4, 0.5) is 0 Å². The molecule has 1 aliphatic heterocycles. The first kappa shape index (κ1) is 18.8. The molecule has 0 aliphatic carbocycles. The zero-order chi connectivity index (χ0) is 19.2. The van der Waals surface area contributed by atoms with Gasteiger partial charge in [0.15, 0.2) is 10.6 Å². The van der Waals surface area contributed by atoms with Crippen LogP contribution in [0.5, 0.6) is 11.5 Å². The standard InChI is InChI=1S/C22H23NO4S/c24-22(26-15-14-25-16-6-2-1-3-7-16)21-20(27-17-10-12-23-13-11-17)18-8-4-5-9-19(18)28-21/h1-9,17,23H,10-15H2. The first-order valence-corrected chi connectivity index (χ1v) is 10.4. The minimum Gasteiger partial charge on any atom is -0.490 e. The minimum absolute atomic E-state index is 0.118. The Morgan fingerprint density at radius 3 is 2.57 bits per heavy atom. The zero-order valence-corrected chi connectivity index (χ0v) is 16.4. The molecule has 1 saturated heterocycles. The van der Waals surface area contributed by atoms with Crippen molar-refractivity contribution in [3.05, 3.63) is 59.5 Å². The number of rotatable bonds is 7. The predicted octanol–water partition coefficient (Wildman–Crippen LogP) is 4.27. The van der Waals surface area contributed by atoms with Gasteiger partial charge in [0.05, 0.1) is 0 Å². The topological polar surface area (TPSA) is 56.8 Å². The summed E-state index contributed by atoms with van der Waals surface area (Å²) in [4.78, 5) is 13.3. The lowest BCUT2D eigenvalue weighted by Crippen LogP contribution is -2.34. The SMILES string of the molecule is O=C(OCCOc1ccccc1)c1sc2ccccc2c1OC1CCNCC1. The molecule has 1 N–H and O–H groups in total. The molecule has 0 amide bonds. The molecule has 6 heteroatoms. The van der Waals surface area contributed by atoms with E-state index in [4.69, 9.17) is 14.2 Å². The number of thiophene rings is 1. The van der Waals surface area contributed by atoms with Crippen LogP contribution in [0, 0.1) is 0 Å². The molecule has 1 fully saturated rings. The summed E-state index contributed by atoms with van der Waals surface area (Å²) in [6.07, 6.45) is 1.99. The Bertz CT molecular complexity index is 919. The monoisotopic (exact) mass is 397 g/mol. The van der Waals surface area contributed by atoms with E-state index in [-0.39, 0.29) is 18.7 Å². The average molecular weight is 397 g/mol. The molecule has 2 heterocycles. The van der Waals surface area contributed by atoms with E-state index in [9.17, 15) is 4.79 Å². The fraction of sp³-hybridized carbons (Fsp3) is 0.318. The summed E-state index contributed by atoms with van der Waals surface area (Å²) in [5.74, 6) is 1.05. The molecule has 0 spiro atoms. The number of carbonyl (C=O) groups excluding carboxylic acids is 1. The first-order chi connectivity index (χ1) is 13.8. The smallest absolute Gasteiger partial charge is 0.352 e. The molecule has 146 valence electrons. The summed E-state index contributed by atoms with van der Waals surface area (Å²) in [5.41, 5.74) is 0. The van der Waals surface area contributed by atoms with E-state index >= 15 is 0 Å². The highest BCUT2D eigenvalue weighted by atomic mass is 32.1. The van der Waals surface area contributed by atoms with Gasteiger partial charge in [0, 0.05) is 10.1 Å². The molecule has 2 aromatic carbocycles. The second-order valence-electron chi connectivity index (χ2n) is 6.62. The van der Waals surface area contributed by atoms with Crippen molar-refractivity contribution in [1.82, 2.24) is 5.32 Å². The molecule has 3 aromatic rings. The van der Waals surface area contributed by atoms with Crippen LogP contribution in [0.2, 0.25) is 0 Å². The Morgan fingerprint density at radius 2 is 1.75 bits per heavy atom. The van der Waals surface area contributed by atoms with Crippen LogP contribution in [0.3, 0.4) is 0 Å². The van der Waals surface area contributed by atoms with Crippen molar-refractivity contribution in [2.24, 2.45) is 0 Å². The summed E-state index contributed by atoms with van der Waals surface area (Å²) in [6.45, 7) is 2.37. The maximum absolute atomic E-state index is 12.7. The van der Waals surface area contributed by atoms with E-state index in [1.54, 1.807) is 0 Å². The van der Waals surface area contributed by atoms with Crippen LogP contribution in [-0.4, -0.2) is 38.4 Å². The number of carbonyl (C=O) groups is 1. The molecule has 0 atom stereocenters. The number of para-hydroxylation sites is 1. The minimum atomic E-state index is -0.359. The highest BCUT2D eigenvalue weighted by Gasteiger charge is 2.24. The van der Waals surface area contributed by atoms with E-state index in [1.165, 1.54) is 11.3 Å². The molecule has 0 radical (unpaired) electrons. The van der Waals surface area contributed by atoms with E-state index < -0.39 is 0 Å². The Kier molecular flexibility index (Phi) is 6.09. The van der Waals surface area contributed by atoms with Crippen molar-refractivity contribution in [2.75, 3.05) is 26.3 Å². The third kappa shape index (κ3) is 4.46. The quantitative estimate of drug-likeness (QED) is 0.477. The zero-order valence-electron chi connectivity index (χ0n) is 15.6. The number of hydrogen-bond donors (Lipinski definition) is 1. The molecule has 0 unspecified atom stereocenters. The van der Waals surface area contributed by atoms with E-state index in [0.717, 1.165) is 41.8 Å². The number of nitrogens with one attached hydrogen (secondary N) is 1. The molecule has 0 bridgehead atoms. The lowest BCUT2D eigenvalue weighted by atomic mass is 10.1. The molecule has 0 saturated carbocycles. The normalized spacial score (nSPS) is 14.7.